The Hall–Kier alpha value is -3.00. The Labute approximate surface area is 237 Å². The maximum absolute atomic E-state index is 13.7. The van der Waals surface area contributed by atoms with Gasteiger partial charge < -0.3 is 14.6 Å². The van der Waals surface area contributed by atoms with Crippen LogP contribution in [0.5, 0.6) is 6.01 Å². The van der Waals surface area contributed by atoms with Crippen LogP contribution in [-0.2, 0) is 4.79 Å². The van der Waals surface area contributed by atoms with E-state index < -0.39 is 5.97 Å². The molecule has 0 amide bonds. The minimum absolute atomic E-state index is 0. The number of carbonyl (C=O) groups excluding carboxylic acids is 1. The summed E-state index contributed by atoms with van der Waals surface area (Å²) in [6, 6.07) is 22.3. The molecule has 1 aromatic heterocycles. The maximum Gasteiger partial charge on any atom is 1.00 e. The van der Waals surface area contributed by atoms with Crippen molar-refractivity contribution in [3.63, 3.8) is 0 Å². The summed E-state index contributed by atoms with van der Waals surface area (Å²) in [5.41, 5.74) is 3.60. The number of hydrogen-bond acceptors (Lipinski definition) is 4. The number of imidazole rings is 1. The number of unbranched alkanes of at least 4 members (excludes halogenated alkanes) is 4. The van der Waals surface area contributed by atoms with E-state index in [1.54, 1.807) is 24.3 Å². The van der Waals surface area contributed by atoms with Crippen molar-refractivity contribution in [2.24, 2.45) is 0 Å². The van der Waals surface area contributed by atoms with Crippen molar-refractivity contribution in [1.82, 2.24) is 9.55 Å². The smallest absolute Gasteiger partial charge is 0.550 e. The number of ether oxygens (including phenoxy) is 1. The Balaban J connectivity index is 0.00000380. The van der Waals surface area contributed by atoms with E-state index in [-0.39, 0.29) is 47.6 Å². The summed E-state index contributed by atoms with van der Waals surface area (Å²) in [6.07, 6.45) is 4.12. The van der Waals surface area contributed by atoms with E-state index in [0.717, 1.165) is 36.9 Å². The Kier molecular flexibility index (Phi) is 10.9. The normalized spacial score (nSPS) is 10.6. The van der Waals surface area contributed by atoms with Gasteiger partial charge in [-0.15, -0.1) is 0 Å². The van der Waals surface area contributed by atoms with Gasteiger partial charge >= 0.3 is 35.6 Å². The summed E-state index contributed by atoms with van der Waals surface area (Å²) >= 11 is 0. The van der Waals surface area contributed by atoms with E-state index in [4.69, 9.17) is 9.72 Å². The van der Waals surface area contributed by atoms with Gasteiger partial charge in [-0.05, 0) is 79.9 Å². The molecule has 0 saturated heterocycles. The van der Waals surface area contributed by atoms with Gasteiger partial charge in [0.25, 0.3) is 0 Å². The van der Waals surface area contributed by atoms with E-state index in [9.17, 15) is 18.7 Å². The van der Waals surface area contributed by atoms with E-state index in [2.05, 4.69) is 0 Å². The third-order valence-corrected chi connectivity index (χ3v) is 5.85. The Bertz CT molecular complexity index is 1280. The molecule has 0 bridgehead atoms. The molecule has 0 unspecified atom stereocenters. The molecule has 0 fully saturated rings. The third kappa shape index (κ3) is 7.74. The van der Waals surface area contributed by atoms with Crippen LogP contribution in [0.3, 0.4) is 0 Å². The van der Waals surface area contributed by atoms with Crippen molar-refractivity contribution in [1.29, 1.82) is 0 Å². The summed E-state index contributed by atoms with van der Waals surface area (Å²) in [4.78, 5) is 15.3. The number of aromatic nitrogens is 2. The Morgan fingerprint density at radius 3 is 1.97 bits per heavy atom. The largest absolute Gasteiger partial charge is 1.00 e. The van der Waals surface area contributed by atoms with E-state index in [0.29, 0.717) is 36.0 Å². The molecule has 0 aliphatic heterocycles. The number of halogens is 2. The molecule has 0 spiro atoms. The monoisotopic (exact) mass is 512 g/mol. The van der Waals surface area contributed by atoms with Crippen LogP contribution in [0.15, 0.2) is 78.9 Å². The number of benzene rings is 3. The fourth-order valence-corrected chi connectivity index (χ4v) is 4.06. The molecule has 8 heteroatoms. The first-order valence-electron chi connectivity index (χ1n) is 12.1. The van der Waals surface area contributed by atoms with Crippen LogP contribution in [-0.4, -0.2) is 22.1 Å². The quantitative estimate of drug-likeness (QED) is 0.216. The molecule has 0 radical (unpaired) electrons. The summed E-state index contributed by atoms with van der Waals surface area (Å²) in [5.74, 6) is -1.70. The van der Waals surface area contributed by atoms with Gasteiger partial charge in [0.15, 0.2) is 0 Å². The van der Waals surface area contributed by atoms with Crippen molar-refractivity contribution in [3.8, 4) is 34.2 Å². The predicted octanol–water partition coefficient (Wildman–Crippen LogP) is 2.96. The third-order valence-electron chi connectivity index (χ3n) is 5.85. The first-order valence-corrected chi connectivity index (χ1v) is 12.1. The molecule has 0 N–H and O–H groups in total. The minimum atomic E-state index is -1.01. The first-order chi connectivity index (χ1) is 17.5. The molecule has 37 heavy (non-hydrogen) atoms. The number of para-hydroxylation sites is 1. The first kappa shape index (κ1) is 28.6. The van der Waals surface area contributed by atoms with Crippen LogP contribution in [0, 0.1) is 11.6 Å². The van der Waals surface area contributed by atoms with Crippen molar-refractivity contribution in [3.05, 3.63) is 90.5 Å². The topological polar surface area (TPSA) is 67.2 Å². The van der Waals surface area contributed by atoms with E-state index >= 15 is 0 Å². The molecule has 0 atom stereocenters. The van der Waals surface area contributed by atoms with Gasteiger partial charge in [-0.25, -0.2) is 8.78 Å². The number of nitrogens with zero attached hydrogens (tertiary/aromatic N) is 2. The van der Waals surface area contributed by atoms with Crippen molar-refractivity contribution < 1.29 is 53.0 Å². The number of rotatable bonds is 12. The average Bonchev–Trinajstić information content (AvgIpc) is 3.26. The second-order valence-electron chi connectivity index (χ2n) is 8.51. The number of aliphatic carboxylic acids is 1. The van der Waals surface area contributed by atoms with Crippen LogP contribution >= 0.6 is 0 Å². The molecule has 3 aromatic carbocycles. The molecule has 0 saturated carbocycles. The SMILES string of the molecule is O=C([O-])CCCCCCCOc1nc(-c2ccc(F)cc2)c(-c2ccc(F)cc2)n1-c1ccccc1.[Na+]. The Morgan fingerprint density at radius 2 is 1.35 bits per heavy atom. The molecule has 0 aliphatic carbocycles. The van der Waals surface area contributed by atoms with Gasteiger partial charge in [-0.3, -0.25) is 4.57 Å². The van der Waals surface area contributed by atoms with Gasteiger partial charge in [0.2, 0.25) is 0 Å². The van der Waals surface area contributed by atoms with Gasteiger partial charge in [0.05, 0.1) is 18.0 Å². The van der Waals surface area contributed by atoms with Crippen molar-refractivity contribution in [2.75, 3.05) is 6.61 Å². The van der Waals surface area contributed by atoms with Crippen LogP contribution < -0.4 is 39.4 Å². The maximum atomic E-state index is 13.7. The molecule has 1 heterocycles. The zero-order chi connectivity index (χ0) is 25.3. The number of carboxylic acid groups (broad SMARTS) is 1. The number of carbonyl (C=O) groups is 1. The molecule has 0 aliphatic rings. The summed E-state index contributed by atoms with van der Waals surface area (Å²) in [7, 11) is 0. The molecular formula is C29H27F2N2NaO3. The summed E-state index contributed by atoms with van der Waals surface area (Å²) < 4.78 is 35.4. The van der Waals surface area contributed by atoms with Crippen LogP contribution in [0.2, 0.25) is 0 Å². The summed E-state index contributed by atoms with van der Waals surface area (Å²) in [6.45, 7) is 0.427. The predicted molar refractivity (Wildman–Crippen MR) is 133 cm³/mol. The Morgan fingerprint density at radius 1 is 0.784 bits per heavy atom. The second kappa shape index (κ2) is 14.1. The van der Waals surface area contributed by atoms with Crippen LogP contribution in [0.25, 0.3) is 28.2 Å². The molecular weight excluding hydrogens is 485 g/mol. The molecule has 186 valence electrons. The van der Waals surface area contributed by atoms with Crippen LogP contribution in [0.1, 0.15) is 38.5 Å². The van der Waals surface area contributed by atoms with Crippen LogP contribution in [0.4, 0.5) is 8.78 Å². The molecule has 4 aromatic rings. The molecule has 5 nitrogen and oxygen atoms in total. The van der Waals surface area contributed by atoms with E-state index in [1.807, 2.05) is 34.9 Å². The second-order valence-corrected chi connectivity index (χ2v) is 8.51. The van der Waals surface area contributed by atoms with Gasteiger partial charge in [-0.2, -0.15) is 4.98 Å². The number of carboxylic acids is 1. The fraction of sp³-hybridized carbons (Fsp3) is 0.241. The standard InChI is InChI=1S/C29H28F2N2O3.Na/c30-23-16-12-21(13-17-23)27-28(22-14-18-24(31)19-15-22)33(25-9-5-4-6-10-25)29(32-27)36-20-8-3-1-2-7-11-26(34)35;/h4-6,9-10,12-19H,1-3,7-8,11,20H2,(H,34,35);/q;+1/p-1. The average molecular weight is 513 g/mol. The van der Waals surface area contributed by atoms with E-state index in [1.165, 1.54) is 24.3 Å². The zero-order valence-electron chi connectivity index (χ0n) is 20.8. The van der Waals surface area contributed by atoms with Gasteiger partial charge in [0.1, 0.15) is 17.3 Å². The molecule has 4 rings (SSSR count). The van der Waals surface area contributed by atoms with Gasteiger partial charge in [0, 0.05) is 17.1 Å². The zero-order valence-corrected chi connectivity index (χ0v) is 22.8. The van der Waals surface area contributed by atoms with Crippen molar-refractivity contribution in [2.45, 2.75) is 38.5 Å². The van der Waals surface area contributed by atoms with Gasteiger partial charge in [-0.1, -0.05) is 37.5 Å². The number of hydrogen-bond donors (Lipinski definition) is 0. The van der Waals surface area contributed by atoms with Crippen molar-refractivity contribution >= 4 is 5.97 Å². The fourth-order valence-electron chi connectivity index (χ4n) is 4.06. The minimum Gasteiger partial charge on any atom is -0.550 e. The summed E-state index contributed by atoms with van der Waals surface area (Å²) in [5, 5.41) is 10.5.